The number of carbonyl (C=O) groups is 1. The highest BCUT2D eigenvalue weighted by molar-refractivity contribution is 7.86. The minimum Gasteiger partial charge on any atom is -0.492 e. The van der Waals surface area contributed by atoms with Gasteiger partial charge in [-0.3, -0.25) is 14.1 Å². The van der Waals surface area contributed by atoms with Crippen molar-refractivity contribution in [1.82, 2.24) is 14.3 Å². The van der Waals surface area contributed by atoms with Gasteiger partial charge in [0.25, 0.3) is 20.2 Å². The number of imidazole rings is 1. The summed E-state index contributed by atoms with van der Waals surface area (Å²) < 4.78 is 84.3. The minimum atomic E-state index is -5.06. The van der Waals surface area contributed by atoms with Gasteiger partial charge in [0, 0.05) is 59.4 Å². The van der Waals surface area contributed by atoms with Crippen molar-refractivity contribution in [2.45, 2.75) is 119 Å². The predicted molar refractivity (Wildman–Crippen MR) is 203 cm³/mol. The first-order chi connectivity index (χ1) is 26.1. The molecule has 0 fully saturated rings. The van der Waals surface area contributed by atoms with Gasteiger partial charge >= 0.3 is 5.97 Å². The summed E-state index contributed by atoms with van der Waals surface area (Å²) in [6, 6.07) is 5.93. The molecule has 5 N–H and O–H groups in total. The van der Waals surface area contributed by atoms with Gasteiger partial charge in [-0.05, 0) is 88.5 Å². The highest BCUT2D eigenvalue weighted by Gasteiger charge is 2.42. The third kappa shape index (κ3) is 7.14. The Labute approximate surface area is 324 Å². The second-order valence-electron chi connectivity index (χ2n) is 16.2. The van der Waals surface area contributed by atoms with Crippen LogP contribution in [-0.4, -0.2) is 67.5 Å². The molecule has 2 unspecified atom stereocenters. The second kappa shape index (κ2) is 13.6. The molecule has 0 radical (unpaired) electrons. The Balaban J connectivity index is 1.39. The molecule has 0 saturated carbocycles. The molecule has 2 aromatic heterocycles. The number of aromatic nitrogens is 3. The number of fused-ring (bicyclic) bond motifs is 4. The normalized spacial score (nSPS) is 19.4. The molecule has 18 heteroatoms. The Bertz CT molecular complexity index is 2620. The maximum absolute atomic E-state index is 13.4. The van der Waals surface area contributed by atoms with E-state index in [2.05, 4.69) is 5.32 Å². The zero-order valence-corrected chi connectivity index (χ0v) is 33.5. The van der Waals surface area contributed by atoms with Gasteiger partial charge in [-0.15, -0.1) is 4.73 Å². The monoisotopic (exact) mass is 811 g/mol. The fourth-order valence-electron chi connectivity index (χ4n) is 8.43. The average Bonchev–Trinajstić information content (AvgIpc) is 3.65. The van der Waals surface area contributed by atoms with Gasteiger partial charge in [-0.25, -0.2) is 9.78 Å². The van der Waals surface area contributed by atoms with E-state index in [9.17, 15) is 40.9 Å². The zero-order chi connectivity index (χ0) is 40.7. The maximum atomic E-state index is 13.4. The van der Waals surface area contributed by atoms with E-state index in [1.165, 1.54) is 12.1 Å². The van der Waals surface area contributed by atoms with Gasteiger partial charge in [-0.2, -0.15) is 16.8 Å². The largest absolute Gasteiger partial charge is 0.492 e. The molecular weight excluding hydrogens is 767 g/mol. The van der Waals surface area contributed by atoms with E-state index < -0.39 is 58.8 Å². The smallest absolute Gasteiger partial charge is 0.333 e. The van der Waals surface area contributed by atoms with Crippen molar-refractivity contribution < 1.29 is 50.5 Å². The van der Waals surface area contributed by atoms with Crippen molar-refractivity contribution in [3.63, 3.8) is 0 Å². The van der Waals surface area contributed by atoms with Gasteiger partial charge in [0.05, 0.1) is 16.6 Å². The molecular formula is C38H45N5O11S2. The molecule has 3 aliphatic rings. The highest BCUT2D eigenvalue weighted by Crippen LogP contribution is 2.51. The average molecular weight is 812 g/mol. The summed E-state index contributed by atoms with van der Waals surface area (Å²) >= 11 is 0. The molecule has 0 bridgehead atoms. The van der Waals surface area contributed by atoms with Crippen molar-refractivity contribution in [3.8, 4) is 23.3 Å². The van der Waals surface area contributed by atoms with Gasteiger partial charge in [0.1, 0.15) is 5.82 Å². The number of hydrogen-bond acceptors (Lipinski definition) is 12. The third-order valence-corrected chi connectivity index (χ3v) is 12.3. The number of anilines is 1. The number of unbranched alkanes of at least 4 members (excludes halogenated alkanes) is 2. The van der Waals surface area contributed by atoms with E-state index >= 15 is 0 Å². The third-order valence-electron chi connectivity index (χ3n) is 10.5. The molecule has 3 aliphatic heterocycles. The Morgan fingerprint density at radius 1 is 0.929 bits per heavy atom. The Morgan fingerprint density at radius 3 is 2.25 bits per heavy atom. The number of nitrogens with zero attached hydrogens (tertiary/aromatic N) is 4. The van der Waals surface area contributed by atoms with Crippen molar-refractivity contribution in [2.75, 3.05) is 5.32 Å². The van der Waals surface area contributed by atoms with Crippen molar-refractivity contribution in [3.05, 3.63) is 69.7 Å². The lowest BCUT2D eigenvalue weighted by Gasteiger charge is -2.39. The first kappa shape index (κ1) is 39.3. The topological polar surface area (TPSA) is 232 Å². The molecule has 2 atom stereocenters. The highest BCUT2D eigenvalue weighted by atomic mass is 32.2. The van der Waals surface area contributed by atoms with Crippen LogP contribution < -0.4 is 25.5 Å². The Hall–Kier alpha value is -4.91. The number of aryl methyl sites for hydroxylation is 1. The van der Waals surface area contributed by atoms with Crippen LogP contribution in [0.1, 0.15) is 114 Å². The molecule has 4 aromatic rings. The number of benzene rings is 2. The number of aromatic hydroxyl groups is 2. The fourth-order valence-corrected chi connectivity index (χ4v) is 10.0. The standard InChI is InChI=1S/C38H45N5O11S2/c1-20-18-37(3,4)40-30-22(20)16-24-29(36-39-13-15-42(36)14-9-7-8-10-28(46)54-43-26(44)11-12-27(43)45)25-17-23-21(2)19-38(5,6)41-31(23)35(56(50,51)52)33(25)53-32(24)34(30)55(47,48)49/h11-13,15-17,20-21,40,44-45H,7-10,14,18-19H2,1-6H3,(H,47,48,49)(H,50,51,52). The van der Waals surface area contributed by atoms with Crippen LogP contribution in [0.5, 0.6) is 23.3 Å². The summed E-state index contributed by atoms with van der Waals surface area (Å²) in [4.78, 5) is 25.7. The van der Waals surface area contributed by atoms with E-state index in [0.717, 1.165) is 0 Å². The lowest BCUT2D eigenvalue weighted by molar-refractivity contribution is -0.145. The first-order valence-electron chi connectivity index (χ1n) is 18.3. The van der Waals surface area contributed by atoms with Gasteiger partial charge in [-0.1, -0.05) is 20.3 Å². The molecule has 2 aromatic carbocycles. The number of rotatable bonds is 10. The summed E-state index contributed by atoms with van der Waals surface area (Å²) in [5.41, 5.74) is 0.579. The lowest BCUT2D eigenvalue weighted by atomic mass is 9.80. The molecule has 0 saturated heterocycles. The Kier molecular flexibility index (Phi) is 9.58. The van der Waals surface area contributed by atoms with Crippen LogP contribution in [0.2, 0.25) is 0 Å². The molecule has 0 spiro atoms. The van der Waals surface area contributed by atoms with Crippen LogP contribution in [0.25, 0.3) is 5.57 Å². The zero-order valence-electron chi connectivity index (χ0n) is 31.8. The SMILES string of the molecule is CC1CC(C)(C)Nc2c1cc1c(c2S(=O)(=O)O)Oc2c(S(=O)(=O)O)c3c(cc2=C1c1nccn1CCCCCC(=O)On1c(O)ccc1O)C(C)CC(C)(C)N=3. The lowest BCUT2D eigenvalue weighted by Crippen LogP contribution is -2.39. The van der Waals surface area contributed by atoms with E-state index in [4.69, 9.17) is 19.6 Å². The maximum Gasteiger partial charge on any atom is 0.333 e. The predicted octanol–water partition coefficient (Wildman–Crippen LogP) is 4.76. The molecule has 0 aliphatic carbocycles. The van der Waals surface area contributed by atoms with Gasteiger partial charge in [0.2, 0.25) is 11.8 Å². The molecule has 5 heterocycles. The first-order valence-corrected chi connectivity index (χ1v) is 21.2. The van der Waals surface area contributed by atoms with Crippen LogP contribution in [0.15, 0.2) is 51.4 Å². The summed E-state index contributed by atoms with van der Waals surface area (Å²) in [6.45, 7) is 11.8. The fraction of sp³-hybridized carbons (Fsp3) is 0.447. The quantitative estimate of drug-likeness (QED) is 0.0947. The van der Waals surface area contributed by atoms with E-state index in [-0.39, 0.29) is 51.6 Å². The van der Waals surface area contributed by atoms with Crippen LogP contribution in [-0.2, 0) is 31.6 Å². The van der Waals surface area contributed by atoms with Gasteiger partial charge < -0.3 is 29.7 Å². The Morgan fingerprint density at radius 2 is 1.59 bits per heavy atom. The summed E-state index contributed by atoms with van der Waals surface area (Å²) in [7, 11) is -10.1. The second-order valence-corrected chi connectivity index (χ2v) is 18.9. The van der Waals surface area contributed by atoms with E-state index in [1.54, 1.807) is 24.5 Å². The van der Waals surface area contributed by atoms with Crippen LogP contribution in [0.3, 0.4) is 0 Å². The molecule has 300 valence electrons. The number of ether oxygens (including phenoxy) is 1. The molecule has 56 heavy (non-hydrogen) atoms. The summed E-state index contributed by atoms with van der Waals surface area (Å²) in [5.74, 6) is -2.21. The van der Waals surface area contributed by atoms with Crippen LogP contribution >= 0.6 is 0 Å². The number of hydrogen-bond donors (Lipinski definition) is 5. The molecule has 0 amide bonds. The van der Waals surface area contributed by atoms with Crippen LogP contribution in [0.4, 0.5) is 5.69 Å². The summed E-state index contributed by atoms with van der Waals surface area (Å²) in [5, 5.41) is 23.0. The van der Waals surface area contributed by atoms with E-state index in [1.807, 2.05) is 46.1 Å². The van der Waals surface area contributed by atoms with Crippen molar-refractivity contribution in [1.29, 1.82) is 0 Å². The minimum absolute atomic E-state index is 0.000575. The van der Waals surface area contributed by atoms with Crippen molar-refractivity contribution >= 4 is 37.5 Å². The van der Waals surface area contributed by atoms with Crippen LogP contribution in [0, 0.1) is 0 Å². The number of nitrogens with one attached hydrogen (secondary N) is 1. The molecule has 7 rings (SSSR count). The van der Waals surface area contributed by atoms with Crippen molar-refractivity contribution in [2.24, 2.45) is 4.99 Å². The van der Waals surface area contributed by atoms with E-state index in [0.29, 0.717) is 65.9 Å². The van der Waals surface area contributed by atoms with Gasteiger partial charge in [0.15, 0.2) is 21.3 Å². The summed E-state index contributed by atoms with van der Waals surface area (Å²) in [6.07, 6.45) is 5.99. The molecule has 16 nitrogen and oxygen atoms in total. The number of carbonyl (C=O) groups excluding carboxylic acids is 1.